The topological polar surface area (TPSA) is 15.3 Å². The summed E-state index contributed by atoms with van der Waals surface area (Å²) in [4.78, 5) is 2.44. The quantitative estimate of drug-likeness (QED) is 0.798. The highest BCUT2D eigenvalue weighted by Crippen LogP contribution is 2.18. The molecular weight excluding hydrogens is 244 g/mol. The van der Waals surface area contributed by atoms with Crippen molar-refractivity contribution in [3.8, 4) is 0 Å². The molecule has 1 aliphatic rings. The zero-order chi connectivity index (χ0) is 14.2. The van der Waals surface area contributed by atoms with Gasteiger partial charge in [0.2, 0.25) is 0 Å². The maximum absolute atomic E-state index is 3.58. The van der Waals surface area contributed by atoms with E-state index in [1.54, 1.807) is 0 Å². The van der Waals surface area contributed by atoms with Gasteiger partial charge in [-0.25, -0.2) is 0 Å². The van der Waals surface area contributed by atoms with Crippen LogP contribution >= 0.6 is 0 Å². The summed E-state index contributed by atoms with van der Waals surface area (Å²) >= 11 is 0. The lowest BCUT2D eigenvalue weighted by Gasteiger charge is -2.28. The third-order valence-electron chi connectivity index (χ3n) is 4.18. The largest absolute Gasteiger partial charge is 0.313 e. The molecule has 0 spiro atoms. The van der Waals surface area contributed by atoms with E-state index in [-0.39, 0.29) is 0 Å². The SMILES string of the molecule is C/C(=C\c1ccccc1)CNCCC1CCN(C)CC1. The van der Waals surface area contributed by atoms with Gasteiger partial charge in [-0.2, -0.15) is 0 Å². The Hall–Kier alpha value is -1.12. The van der Waals surface area contributed by atoms with Crippen LogP contribution in [0.25, 0.3) is 6.08 Å². The molecule has 0 aliphatic carbocycles. The summed E-state index contributed by atoms with van der Waals surface area (Å²) in [6, 6.07) is 10.6. The second kappa shape index (κ2) is 8.23. The molecule has 1 aromatic carbocycles. The van der Waals surface area contributed by atoms with E-state index in [0.29, 0.717) is 0 Å². The van der Waals surface area contributed by atoms with Gasteiger partial charge in [0.15, 0.2) is 0 Å². The van der Waals surface area contributed by atoms with Crippen LogP contribution in [0.2, 0.25) is 0 Å². The molecule has 0 saturated carbocycles. The van der Waals surface area contributed by atoms with Gasteiger partial charge < -0.3 is 10.2 Å². The second-order valence-corrected chi connectivity index (χ2v) is 6.11. The van der Waals surface area contributed by atoms with Gasteiger partial charge in [0, 0.05) is 6.54 Å². The van der Waals surface area contributed by atoms with Crippen LogP contribution in [0.15, 0.2) is 35.9 Å². The molecule has 0 amide bonds. The number of hydrogen-bond donors (Lipinski definition) is 1. The normalized spacial score (nSPS) is 18.4. The highest BCUT2D eigenvalue weighted by Gasteiger charge is 2.15. The van der Waals surface area contributed by atoms with Crippen LogP contribution in [0.4, 0.5) is 0 Å². The standard InChI is InChI=1S/C18H28N2/c1-16(14-18-6-4-3-5-7-18)15-19-11-8-17-9-12-20(2)13-10-17/h3-7,14,17,19H,8-13,15H2,1-2H3/b16-14+. The lowest BCUT2D eigenvalue weighted by atomic mass is 9.94. The molecule has 1 fully saturated rings. The van der Waals surface area contributed by atoms with E-state index in [1.807, 2.05) is 0 Å². The minimum Gasteiger partial charge on any atom is -0.313 e. The first-order valence-corrected chi connectivity index (χ1v) is 7.85. The van der Waals surface area contributed by atoms with Crippen molar-refractivity contribution in [2.24, 2.45) is 5.92 Å². The van der Waals surface area contributed by atoms with E-state index in [4.69, 9.17) is 0 Å². The number of benzene rings is 1. The number of piperidine rings is 1. The Balaban J connectivity index is 1.62. The molecule has 1 heterocycles. The van der Waals surface area contributed by atoms with Gasteiger partial charge in [-0.05, 0) is 64.3 Å². The third-order valence-corrected chi connectivity index (χ3v) is 4.18. The minimum absolute atomic E-state index is 0.928. The molecule has 0 aromatic heterocycles. The molecule has 1 aliphatic heterocycles. The van der Waals surface area contributed by atoms with Crippen LogP contribution in [0.5, 0.6) is 0 Å². The molecule has 0 atom stereocenters. The highest BCUT2D eigenvalue weighted by atomic mass is 15.1. The summed E-state index contributed by atoms with van der Waals surface area (Å²) < 4.78 is 0. The van der Waals surface area contributed by atoms with Gasteiger partial charge in [-0.3, -0.25) is 0 Å². The van der Waals surface area contributed by atoms with Crippen LogP contribution in [0.3, 0.4) is 0 Å². The van der Waals surface area contributed by atoms with Crippen molar-refractivity contribution in [2.75, 3.05) is 33.2 Å². The monoisotopic (exact) mass is 272 g/mol. The van der Waals surface area contributed by atoms with Crippen LogP contribution in [0, 0.1) is 5.92 Å². The number of nitrogens with one attached hydrogen (secondary N) is 1. The zero-order valence-electron chi connectivity index (χ0n) is 12.9. The van der Waals surface area contributed by atoms with Gasteiger partial charge in [0.25, 0.3) is 0 Å². The summed E-state index contributed by atoms with van der Waals surface area (Å²) in [5, 5.41) is 3.58. The molecule has 1 N–H and O–H groups in total. The van der Waals surface area contributed by atoms with Gasteiger partial charge >= 0.3 is 0 Å². The lowest BCUT2D eigenvalue weighted by Crippen LogP contribution is -2.31. The fourth-order valence-electron chi connectivity index (χ4n) is 2.83. The Bertz CT molecular complexity index is 403. The molecule has 2 rings (SSSR count). The Kier molecular flexibility index (Phi) is 6.28. The molecule has 0 unspecified atom stereocenters. The smallest absolute Gasteiger partial charge is 0.0165 e. The molecular formula is C18H28N2. The van der Waals surface area contributed by atoms with Crippen molar-refractivity contribution >= 4 is 6.08 Å². The fraction of sp³-hybridized carbons (Fsp3) is 0.556. The molecule has 0 radical (unpaired) electrons. The average molecular weight is 272 g/mol. The van der Waals surface area contributed by atoms with Crippen LogP contribution < -0.4 is 5.32 Å². The number of rotatable bonds is 6. The predicted octanol–water partition coefficient (Wildman–Crippen LogP) is 3.41. The molecule has 110 valence electrons. The Morgan fingerprint density at radius 1 is 1.25 bits per heavy atom. The van der Waals surface area contributed by atoms with Crippen LogP contribution in [-0.4, -0.2) is 38.1 Å². The number of likely N-dealkylation sites (tertiary alicyclic amines) is 1. The van der Waals surface area contributed by atoms with E-state index in [9.17, 15) is 0 Å². The van der Waals surface area contributed by atoms with E-state index in [2.05, 4.69) is 60.6 Å². The number of hydrogen-bond acceptors (Lipinski definition) is 2. The minimum atomic E-state index is 0.928. The van der Waals surface area contributed by atoms with Crippen molar-refractivity contribution in [3.05, 3.63) is 41.5 Å². The van der Waals surface area contributed by atoms with Gasteiger partial charge in [0.05, 0.1) is 0 Å². The van der Waals surface area contributed by atoms with Crippen molar-refractivity contribution in [3.63, 3.8) is 0 Å². The molecule has 20 heavy (non-hydrogen) atoms. The molecule has 1 aromatic rings. The first kappa shape index (κ1) is 15.3. The van der Waals surface area contributed by atoms with Crippen LogP contribution in [0.1, 0.15) is 31.7 Å². The summed E-state index contributed by atoms with van der Waals surface area (Å²) in [5.41, 5.74) is 2.70. The van der Waals surface area contributed by atoms with Gasteiger partial charge in [0.1, 0.15) is 0 Å². The van der Waals surface area contributed by atoms with Crippen LogP contribution in [-0.2, 0) is 0 Å². The Morgan fingerprint density at radius 2 is 1.95 bits per heavy atom. The predicted molar refractivity (Wildman–Crippen MR) is 87.8 cm³/mol. The Morgan fingerprint density at radius 3 is 2.65 bits per heavy atom. The fourth-order valence-corrected chi connectivity index (χ4v) is 2.83. The first-order valence-electron chi connectivity index (χ1n) is 7.85. The van der Waals surface area contributed by atoms with Gasteiger partial charge in [-0.15, -0.1) is 0 Å². The summed E-state index contributed by atoms with van der Waals surface area (Å²) in [6.07, 6.45) is 6.34. The van der Waals surface area contributed by atoms with Crippen molar-refractivity contribution in [1.82, 2.24) is 10.2 Å². The summed E-state index contributed by atoms with van der Waals surface area (Å²) in [6.45, 7) is 6.90. The average Bonchev–Trinajstić information content (AvgIpc) is 2.46. The third kappa shape index (κ3) is 5.48. The molecule has 2 nitrogen and oxygen atoms in total. The molecule has 0 bridgehead atoms. The summed E-state index contributed by atoms with van der Waals surface area (Å²) in [7, 11) is 2.23. The van der Waals surface area contributed by atoms with Gasteiger partial charge in [-0.1, -0.05) is 42.0 Å². The van der Waals surface area contributed by atoms with E-state index >= 15 is 0 Å². The molecule has 1 saturated heterocycles. The zero-order valence-corrected chi connectivity index (χ0v) is 12.9. The van der Waals surface area contributed by atoms with Crippen molar-refractivity contribution in [2.45, 2.75) is 26.2 Å². The van der Waals surface area contributed by atoms with E-state index in [1.165, 1.54) is 43.5 Å². The maximum atomic E-state index is 3.58. The van der Waals surface area contributed by atoms with E-state index in [0.717, 1.165) is 19.0 Å². The highest BCUT2D eigenvalue weighted by molar-refractivity contribution is 5.52. The first-order chi connectivity index (χ1) is 9.74. The maximum Gasteiger partial charge on any atom is 0.0165 e. The Labute approximate surface area is 123 Å². The van der Waals surface area contributed by atoms with E-state index < -0.39 is 0 Å². The van der Waals surface area contributed by atoms with Crippen molar-refractivity contribution in [1.29, 1.82) is 0 Å². The lowest BCUT2D eigenvalue weighted by molar-refractivity contribution is 0.212. The van der Waals surface area contributed by atoms with Crippen molar-refractivity contribution < 1.29 is 0 Å². The second-order valence-electron chi connectivity index (χ2n) is 6.11. The summed E-state index contributed by atoms with van der Waals surface area (Å²) in [5.74, 6) is 0.928. The number of nitrogens with zero attached hydrogens (tertiary/aromatic N) is 1. The molecule has 2 heteroatoms.